The molecule has 3 heteroatoms. The molecule has 0 unspecified atom stereocenters. The molecule has 0 aliphatic heterocycles. The van der Waals surface area contributed by atoms with Crippen LogP contribution in [-0.2, 0) is 0 Å². The number of benzene rings is 1. The quantitative estimate of drug-likeness (QED) is 0.734. The van der Waals surface area contributed by atoms with Crippen molar-refractivity contribution in [2.24, 2.45) is 0 Å². The zero-order chi connectivity index (χ0) is 11.3. The smallest absolute Gasteiger partial charge is 0.131 e. The van der Waals surface area contributed by atoms with Gasteiger partial charge in [-0.15, -0.1) is 0 Å². The summed E-state index contributed by atoms with van der Waals surface area (Å²) < 4.78 is 30.9. The number of hydrogen-bond donors (Lipinski definition) is 0. The summed E-state index contributed by atoms with van der Waals surface area (Å²) in [7, 11) is 0. The summed E-state index contributed by atoms with van der Waals surface area (Å²) in [6, 6.07) is 4.34. The summed E-state index contributed by atoms with van der Waals surface area (Å²) in [5, 5.41) is 0. The molecule has 0 N–H and O–H groups in total. The first-order chi connectivity index (χ1) is 7.19. The zero-order valence-corrected chi connectivity index (χ0v) is 8.89. The number of hydrogen-bond acceptors (Lipinski definition) is 1. The van der Waals surface area contributed by atoms with Crippen molar-refractivity contribution in [1.82, 2.24) is 0 Å². The van der Waals surface area contributed by atoms with Crippen molar-refractivity contribution in [3.05, 3.63) is 35.9 Å². The lowest BCUT2D eigenvalue weighted by atomic mass is 10.1. The van der Waals surface area contributed by atoms with Gasteiger partial charge in [0.05, 0.1) is 12.9 Å². The molecular formula is C12H14F2O. The van der Waals surface area contributed by atoms with Gasteiger partial charge in [-0.05, 0) is 37.1 Å². The average molecular weight is 212 g/mol. The van der Waals surface area contributed by atoms with Crippen LogP contribution in [0.15, 0.2) is 24.5 Å². The summed E-state index contributed by atoms with van der Waals surface area (Å²) in [6.45, 7) is 4.07. The molecule has 0 spiro atoms. The monoisotopic (exact) mass is 212 g/mol. The van der Waals surface area contributed by atoms with Gasteiger partial charge < -0.3 is 4.74 Å². The van der Waals surface area contributed by atoms with Crippen molar-refractivity contribution in [2.45, 2.75) is 20.3 Å². The van der Waals surface area contributed by atoms with E-state index in [2.05, 4.69) is 0 Å². The van der Waals surface area contributed by atoms with Crippen LogP contribution in [0.2, 0.25) is 0 Å². The lowest BCUT2D eigenvalue weighted by molar-refractivity contribution is 0.317. The van der Waals surface area contributed by atoms with E-state index in [4.69, 9.17) is 4.74 Å². The Kier molecular flexibility index (Phi) is 4.28. The van der Waals surface area contributed by atoms with Crippen LogP contribution in [0.4, 0.5) is 8.78 Å². The van der Waals surface area contributed by atoms with Crippen LogP contribution in [0, 0.1) is 5.82 Å². The molecule has 0 aromatic heterocycles. The van der Waals surface area contributed by atoms with E-state index in [1.807, 2.05) is 6.92 Å². The Morgan fingerprint density at radius 3 is 2.80 bits per heavy atom. The van der Waals surface area contributed by atoms with Crippen molar-refractivity contribution in [1.29, 1.82) is 0 Å². The van der Waals surface area contributed by atoms with Crippen LogP contribution in [0.3, 0.4) is 0 Å². The third-order valence-electron chi connectivity index (χ3n) is 2.00. The predicted octanol–water partition coefficient (Wildman–Crippen LogP) is 3.94. The maximum Gasteiger partial charge on any atom is 0.131 e. The van der Waals surface area contributed by atoms with Gasteiger partial charge in [0.15, 0.2) is 0 Å². The zero-order valence-electron chi connectivity index (χ0n) is 8.89. The Balaban J connectivity index is 2.95. The number of ether oxygens (including phenoxy) is 1. The van der Waals surface area contributed by atoms with E-state index in [1.54, 1.807) is 6.07 Å². The maximum atomic E-state index is 13.3. The lowest BCUT2D eigenvalue weighted by Crippen LogP contribution is -1.96. The Bertz CT molecular complexity index is 359. The number of rotatable bonds is 4. The minimum Gasteiger partial charge on any atom is -0.494 e. The fraction of sp³-hybridized carbons (Fsp3) is 0.333. The molecule has 1 aromatic rings. The van der Waals surface area contributed by atoms with E-state index in [1.165, 1.54) is 19.1 Å². The van der Waals surface area contributed by atoms with Gasteiger partial charge in [-0.1, -0.05) is 6.92 Å². The van der Waals surface area contributed by atoms with Crippen LogP contribution < -0.4 is 4.74 Å². The van der Waals surface area contributed by atoms with Gasteiger partial charge in [0.25, 0.3) is 0 Å². The topological polar surface area (TPSA) is 9.23 Å². The summed E-state index contributed by atoms with van der Waals surface area (Å²) in [5.41, 5.74) is 0.501. The van der Waals surface area contributed by atoms with Crippen LogP contribution >= 0.6 is 0 Å². The maximum absolute atomic E-state index is 13.3. The lowest BCUT2D eigenvalue weighted by Gasteiger charge is -2.07. The molecule has 0 atom stereocenters. The fourth-order valence-corrected chi connectivity index (χ4v) is 1.18. The SMILES string of the molecule is CCCOc1ccc(F)c(/C(C)=C\F)c1. The van der Waals surface area contributed by atoms with Gasteiger partial charge in [0, 0.05) is 5.56 Å². The van der Waals surface area contributed by atoms with E-state index < -0.39 is 5.82 Å². The first-order valence-electron chi connectivity index (χ1n) is 4.88. The third-order valence-corrected chi connectivity index (χ3v) is 2.00. The summed E-state index contributed by atoms with van der Waals surface area (Å²) in [4.78, 5) is 0. The molecule has 0 amide bonds. The molecule has 0 aliphatic carbocycles. The third kappa shape index (κ3) is 3.05. The van der Waals surface area contributed by atoms with Crippen molar-refractivity contribution in [3.8, 4) is 5.75 Å². The summed E-state index contributed by atoms with van der Waals surface area (Å²) in [6.07, 6.45) is 1.27. The Morgan fingerprint density at radius 2 is 2.20 bits per heavy atom. The highest BCUT2D eigenvalue weighted by atomic mass is 19.1. The predicted molar refractivity (Wildman–Crippen MR) is 56.9 cm³/mol. The number of halogens is 2. The van der Waals surface area contributed by atoms with Crippen molar-refractivity contribution < 1.29 is 13.5 Å². The second-order valence-corrected chi connectivity index (χ2v) is 3.28. The minimum atomic E-state index is -0.440. The molecule has 0 fully saturated rings. The summed E-state index contributed by atoms with van der Waals surface area (Å²) in [5.74, 6) is 0.125. The minimum absolute atomic E-state index is 0.242. The molecule has 0 bridgehead atoms. The highest BCUT2D eigenvalue weighted by Gasteiger charge is 2.06. The van der Waals surface area contributed by atoms with E-state index >= 15 is 0 Å². The molecular weight excluding hydrogens is 198 g/mol. The van der Waals surface area contributed by atoms with Crippen LogP contribution in [0.1, 0.15) is 25.8 Å². The van der Waals surface area contributed by atoms with Gasteiger partial charge in [-0.3, -0.25) is 0 Å². The second-order valence-electron chi connectivity index (χ2n) is 3.28. The fourth-order valence-electron chi connectivity index (χ4n) is 1.18. The first-order valence-corrected chi connectivity index (χ1v) is 4.88. The van der Waals surface area contributed by atoms with Crippen molar-refractivity contribution in [3.63, 3.8) is 0 Å². The highest BCUT2D eigenvalue weighted by Crippen LogP contribution is 2.23. The second kappa shape index (κ2) is 5.49. The first kappa shape index (κ1) is 11.7. The van der Waals surface area contributed by atoms with E-state index in [0.717, 1.165) is 6.42 Å². The normalized spacial score (nSPS) is 11.6. The Labute approximate surface area is 88.4 Å². The molecule has 0 heterocycles. The van der Waals surface area contributed by atoms with E-state index in [-0.39, 0.29) is 11.1 Å². The number of allylic oxidation sites excluding steroid dienone is 1. The molecule has 1 aromatic carbocycles. The average Bonchev–Trinajstić information content (AvgIpc) is 2.27. The largest absolute Gasteiger partial charge is 0.494 e. The molecule has 82 valence electrons. The van der Waals surface area contributed by atoms with Gasteiger partial charge in [-0.25, -0.2) is 8.78 Å². The van der Waals surface area contributed by atoms with Gasteiger partial charge in [0.1, 0.15) is 11.6 Å². The van der Waals surface area contributed by atoms with Crippen LogP contribution in [0.25, 0.3) is 5.57 Å². The molecule has 1 rings (SSSR count). The van der Waals surface area contributed by atoms with E-state index in [0.29, 0.717) is 18.7 Å². The van der Waals surface area contributed by atoms with Crippen molar-refractivity contribution >= 4 is 5.57 Å². The Hall–Kier alpha value is -1.38. The molecule has 0 saturated heterocycles. The molecule has 0 saturated carbocycles. The highest BCUT2D eigenvalue weighted by molar-refractivity contribution is 5.64. The van der Waals surface area contributed by atoms with Crippen molar-refractivity contribution in [2.75, 3.05) is 6.61 Å². The van der Waals surface area contributed by atoms with Gasteiger partial charge >= 0.3 is 0 Å². The molecule has 0 aliphatic rings. The molecule has 1 nitrogen and oxygen atoms in total. The standard InChI is InChI=1S/C12H14F2O/c1-3-6-15-10-4-5-12(14)11(7-10)9(2)8-13/h4-5,7-8H,3,6H2,1-2H3/b9-8-. The van der Waals surface area contributed by atoms with E-state index in [9.17, 15) is 8.78 Å². The van der Waals surface area contributed by atoms with Crippen LogP contribution in [0.5, 0.6) is 5.75 Å². The Morgan fingerprint density at radius 1 is 1.47 bits per heavy atom. The van der Waals surface area contributed by atoms with Gasteiger partial charge in [0.2, 0.25) is 0 Å². The van der Waals surface area contributed by atoms with Crippen LogP contribution in [-0.4, -0.2) is 6.61 Å². The molecule has 15 heavy (non-hydrogen) atoms. The summed E-state index contributed by atoms with van der Waals surface area (Å²) >= 11 is 0. The van der Waals surface area contributed by atoms with Gasteiger partial charge in [-0.2, -0.15) is 0 Å². The molecule has 0 radical (unpaired) electrons.